The van der Waals surface area contributed by atoms with Crippen molar-refractivity contribution < 1.29 is 26.9 Å². The Kier molecular flexibility index (Phi) is 13.2. The summed E-state index contributed by atoms with van der Waals surface area (Å²) in [6, 6.07) is 22.6. The van der Waals surface area contributed by atoms with E-state index in [0.717, 1.165) is 53.5 Å². The summed E-state index contributed by atoms with van der Waals surface area (Å²) in [5.41, 5.74) is 8.59. The standard InChI is InChI=1S/C24H27N5O4S.C21H18ClN3O2/c1-15(2)32-22-11-8-16(14-21(22)25-3)24-28-23(29-33-24)19-7-5-6-18-17(19)9-10-20(18)27-12-13-34(30,31)26-4;1-12(2)26-19-10-7-13(11-18(19)23-3)21-24-20(25-27-21)16-6-4-5-15-14(16)8-9-17(15)22/h5-8,11,14-15,20,26-27H,9-10,12-13H2,1-2,4H3;4-7,10-12,17H,8-9H2,1-2H3. The van der Waals surface area contributed by atoms with Gasteiger partial charge in [-0.15, -0.1) is 11.6 Å². The van der Waals surface area contributed by atoms with Crippen molar-refractivity contribution in [2.45, 2.75) is 77.0 Å². The molecule has 16 heteroatoms. The lowest BCUT2D eigenvalue weighted by Crippen LogP contribution is -2.31. The van der Waals surface area contributed by atoms with Crippen LogP contribution in [0.25, 0.3) is 55.4 Å². The van der Waals surface area contributed by atoms with Gasteiger partial charge in [0.1, 0.15) is 11.5 Å². The summed E-state index contributed by atoms with van der Waals surface area (Å²) >= 11 is 6.38. The number of halogens is 1. The molecule has 14 nitrogen and oxygen atoms in total. The minimum absolute atomic E-state index is 0.00251. The predicted octanol–water partition coefficient (Wildman–Crippen LogP) is 9.84. The number of hydrogen-bond acceptors (Lipinski definition) is 11. The molecule has 2 aliphatic carbocycles. The minimum Gasteiger partial charge on any atom is -0.502 e. The fourth-order valence-electron chi connectivity index (χ4n) is 7.44. The summed E-state index contributed by atoms with van der Waals surface area (Å²) in [4.78, 5) is 16.3. The summed E-state index contributed by atoms with van der Waals surface area (Å²) in [7, 11) is -1.83. The monoisotopic (exact) mass is 860 g/mol. The van der Waals surface area contributed by atoms with Crippen molar-refractivity contribution in [3.05, 3.63) is 118 Å². The Morgan fingerprint density at radius 2 is 1.28 bits per heavy atom. The van der Waals surface area contributed by atoms with Gasteiger partial charge in [0.25, 0.3) is 11.8 Å². The van der Waals surface area contributed by atoms with Crippen molar-refractivity contribution in [1.29, 1.82) is 0 Å². The van der Waals surface area contributed by atoms with Gasteiger partial charge in [-0.25, -0.2) is 22.8 Å². The molecule has 0 saturated heterocycles. The van der Waals surface area contributed by atoms with Gasteiger partial charge in [0.05, 0.1) is 36.5 Å². The number of sulfonamides is 1. The number of ether oxygens (including phenoxy) is 2. The number of rotatable bonds is 13. The topological polar surface area (TPSA) is 163 Å². The van der Waals surface area contributed by atoms with E-state index in [0.29, 0.717) is 64.0 Å². The molecule has 0 saturated carbocycles. The maximum absolute atomic E-state index is 11.7. The third-order valence-corrected chi connectivity index (χ3v) is 12.1. The lowest BCUT2D eigenvalue weighted by atomic mass is 10.0. The fourth-order valence-corrected chi connectivity index (χ4v) is 8.35. The first kappa shape index (κ1) is 43.0. The van der Waals surface area contributed by atoms with Crippen molar-refractivity contribution in [2.75, 3.05) is 19.3 Å². The number of hydrogen-bond donors (Lipinski definition) is 2. The van der Waals surface area contributed by atoms with Crippen LogP contribution in [-0.2, 0) is 22.9 Å². The van der Waals surface area contributed by atoms with Gasteiger partial charge in [-0.2, -0.15) is 9.97 Å². The number of nitrogens with zero attached hydrogens (tertiary/aromatic N) is 6. The summed E-state index contributed by atoms with van der Waals surface area (Å²) in [6.07, 6.45) is 3.48. The van der Waals surface area contributed by atoms with Gasteiger partial charge in [0.2, 0.25) is 33.0 Å². The molecule has 0 spiro atoms. The van der Waals surface area contributed by atoms with Gasteiger partial charge in [-0.1, -0.05) is 46.7 Å². The molecule has 2 aromatic heterocycles. The van der Waals surface area contributed by atoms with E-state index in [9.17, 15) is 8.42 Å². The second-order valence-electron chi connectivity index (χ2n) is 15.1. The van der Waals surface area contributed by atoms with E-state index in [4.69, 9.17) is 43.3 Å². The minimum atomic E-state index is -3.25. The van der Waals surface area contributed by atoms with Crippen LogP contribution in [0.5, 0.6) is 11.5 Å². The molecule has 6 aromatic rings. The van der Waals surface area contributed by atoms with E-state index in [1.165, 1.54) is 12.6 Å². The Morgan fingerprint density at radius 3 is 1.79 bits per heavy atom. The molecule has 0 amide bonds. The average molecular weight is 861 g/mol. The van der Waals surface area contributed by atoms with Crippen LogP contribution in [0, 0.1) is 13.1 Å². The maximum atomic E-state index is 11.7. The highest BCUT2D eigenvalue weighted by molar-refractivity contribution is 7.89. The highest BCUT2D eigenvalue weighted by Gasteiger charge is 2.28. The molecule has 2 N–H and O–H groups in total. The molecule has 8 rings (SSSR count). The van der Waals surface area contributed by atoms with Gasteiger partial charge < -0.3 is 23.8 Å². The number of aromatic nitrogens is 4. The summed E-state index contributed by atoms with van der Waals surface area (Å²) in [5.74, 6) is 2.84. The fraction of sp³-hybridized carbons (Fsp3) is 0.333. The number of fused-ring (bicyclic) bond motifs is 2. The lowest BCUT2D eigenvalue weighted by Gasteiger charge is -2.14. The molecule has 0 radical (unpaired) electrons. The third kappa shape index (κ3) is 9.77. The molecule has 4 aromatic carbocycles. The van der Waals surface area contributed by atoms with E-state index in [1.54, 1.807) is 30.3 Å². The highest BCUT2D eigenvalue weighted by Crippen LogP contribution is 2.42. The highest BCUT2D eigenvalue weighted by atomic mass is 35.5. The first-order valence-corrected chi connectivity index (χ1v) is 22.0. The molecule has 0 aliphatic heterocycles. The Morgan fingerprint density at radius 1 is 0.770 bits per heavy atom. The zero-order chi connectivity index (χ0) is 43.3. The van der Waals surface area contributed by atoms with E-state index in [-0.39, 0.29) is 29.4 Å². The van der Waals surface area contributed by atoms with Crippen LogP contribution in [0.4, 0.5) is 11.4 Å². The predicted molar refractivity (Wildman–Crippen MR) is 233 cm³/mol. The van der Waals surface area contributed by atoms with Crippen molar-refractivity contribution in [2.24, 2.45) is 0 Å². The molecule has 0 fully saturated rings. The van der Waals surface area contributed by atoms with Crippen LogP contribution in [0.1, 0.15) is 74.2 Å². The Hall–Kier alpha value is -6.10. The normalized spacial score (nSPS) is 15.4. The Balaban J connectivity index is 0.000000189. The largest absolute Gasteiger partial charge is 0.502 e. The van der Waals surface area contributed by atoms with Crippen LogP contribution >= 0.6 is 11.6 Å². The molecule has 2 unspecified atom stereocenters. The van der Waals surface area contributed by atoms with E-state index < -0.39 is 10.0 Å². The van der Waals surface area contributed by atoms with Gasteiger partial charge in [-0.3, -0.25) is 0 Å². The molecule has 2 heterocycles. The number of benzene rings is 4. The SMILES string of the molecule is [C-]#[N+]c1cc(-c2nc(-c3cccc4c3CCC4Cl)no2)ccc1OC(C)C.[C-]#[N+]c1cc(-c2nc(-c3cccc4c3CCC4NCCS(=O)(=O)NC)no2)ccc1OC(C)C. The molecule has 314 valence electrons. The molecular formula is C45H45ClN8O6S. The summed E-state index contributed by atoms with van der Waals surface area (Å²) in [5, 5.41) is 11.7. The van der Waals surface area contributed by atoms with Crippen LogP contribution in [-0.4, -0.2) is 60.3 Å². The first-order valence-electron chi connectivity index (χ1n) is 20.0. The van der Waals surface area contributed by atoms with E-state index in [1.807, 2.05) is 64.1 Å². The van der Waals surface area contributed by atoms with Crippen molar-refractivity contribution in [3.8, 4) is 57.2 Å². The average Bonchev–Trinajstić information content (AvgIpc) is 4.09. The Bertz CT molecular complexity index is 2740. The van der Waals surface area contributed by atoms with Crippen molar-refractivity contribution in [1.82, 2.24) is 30.3 Å². The van der Waals surface area contributed by atoms with Gasteiger partial charge in [0.15, 0.2) is 0 Å². The molecule has 61 heavy (non-hydrogen) atoms. The first-order chi connectivity index (χ1) is 29.4. The second-order valence-corrected chi connectivity index (χ2v) is 17.7. The summed E-state index contributed by atoms with van der Waals surface area (Å²) in [6.45, 7) is 22.9. The van der Waals surface area contributed by atoms with Crippen LogP contribution in [0.2, 0.25) is 0 Å². The van der Waals surface area contributed by atoms with Gasteiger partial charge in [0, 0.05) is 34.8 Å². The molecule has 2 aliphatic rings. The zero-order valence-electron chi connectivity index (χ0n) is 34.4. The molecular weight excluding hydrogens is 816 g/mol. The maximum Gasteiger partial charge on any atom is 0.256 e. The third-order valence-electron chi connectivity index (χ3n) is 10.3. The number of nitrogens with one attached hydrogen (secondary N) is 2. The number of alkyl halides is 1. The molecule has 0 bridgehead atoms. The van der Waals surface area contributed by atoms with Crippen LogP contribution in [0.15, 0.2) is 81.8 Å². The van der Waals surface area contributed by atoms with Crippen molar-refractivity contribution >= 4 is 33.0 Å². The molecule has 2 atom stereocenters. The van der Waals surface area contributed by atoms with Crippen LogP contribution in [0.3, 0.4) is 0 Å². The summed E-state index contributed by atoms with van der Waals surface area (Å²) < 4.78 is 48.1. The van der Waals surface area contributed by atoms with Gasteiger partial charge in [-0.05, 0) is 119 Å². The van der Waals surface area contributed by atoms with Gasteiger partial charge >= 0.3 is 0 Å². The quantitative estimate of drug-likeness (QED) is 0.0839. The second kappa shape index (κ2) is 18.7. The smallest absolute Gasteiger partial charge is 0.256 e. The van der Waals surface area contributed by atoms with E-state index in [2.05, 4.69) is 46.1 Å². The van der Waals surface area contributed by atoms with Crippen molar-refractivity contribution in [3.63, 3.8) is 0 Å². The Labute approximate surface area is 360 Å². The van der Waals surface area contributed by atoms with E-state index >= 15 is 0 Å². The zero-order valence-corrected chi connectivity index (χ0v) is 36.0. The van der Waals surface area contributed by atoms with Crippen LogP contribution < -0.4 is 19.5 Å². The lowest BCUT2D eigenvalue weighted by molar-refractivity contribution is 0.244.